The largest absolute Gasteiger partial charge is 0.445 e. The van der Waals surface area contributed by atoms with Gasteiger partial charge in [0, 0.05) is 13.0 Å². The lowest BCUT2D eigenvalue weighted by atomic mass is 10.0. The van der Waals surface area contributed by atoms with Crippen LogP contribution in [0.5, 0.6) is 0 Å². The average Bonchev–Trinajstić information content (AvgIpc) is 2.76. The number of hydrogen-bond acceptors (Lipinski definition) is 6. The molecule has 2 aromatic rings. The Morgan fingerprint density at radius 2 is 1.77 bits per heavy atom. The Kier molecular flexibility index (Phi) is 9.01. The lowest BCUT2D eigenvalue weighted by Gasteiger charge is -2.18. The highest BCUT2D eigenvalue weighted by Gasteiger charge is 2.21. The van der Waals surface area contributed by atoms with E-state index in [2.05, 4.69) is 10.6 Å². The minimum Gasteiger partial charge on any atom is -0.445 e. The summed E-state index contributed by atoms with van der Waals surface area (Å²) in [6.45, 7) is -0.132. The molecule has 0 bridgehead atoms. The molecule has 0 aliphatic carbocycles. The monoisotopic (exact) mass is 424 g/mol. The van der Waals surface area contributed by atoms with Crippen LogP contribution in [0.4, 0.5) is 4.79 Å². The summed E-state index contributed by atoms with van der Waals surface area (Å²) >= 11 is 0. The Labute approximate surface area is 179 Å². The van der Waals surface area contributed by atoms with Gasteiger partial charge in [0.05, 0.1) is 24.2 Å². The fourth-order valence-electron chi connectivity index (χ4n) is 2.76. The SMILES string of the molecule is N#Cc1ccccc1C[C@@H](NC(=O)C[C@H](O)CNC(=O)OCc1ccccc1)C(N)=O. The quantitative estimate of drug-likeness (QED) is 0.441. The third-order valence-corrected chi connectivity index (χ3v) is 4.36. The second-order valence-electron chi connectivity index (χ2n) is 6.80. The molecule has 3 amide bonds. The van der Waals surface area contributed by atoms with Gasteiger partial charge in [-0.1, -0.05) is 48.5 Å². The van der Waals surface area contributed by atoms with Crippen LogP contribution in [-0.4, -0.2) is 41.7 Å². The molecule has 2 aromatic carbocycles. The Bertz CT molecular complexity index is 942. The van der Waals surface area contributed by atoms with Crippen molar-refractivity contribution < 1.29 is 24.2 Å². The van der Waals surface area contributed by atoms with Crippen LogP contribution in [0.1, 0.15) is 23.1 Å². The van der Waals surface area contributed by atoms with Gasteiger partial charge in [0.2, 0.25) is 11.8 Å². The first-order chi connectivity index (χ1) is 14.9. The second kappa shape index (κ2) is 11.9. The summed E-state index contributed by atoms with van der Waals surface area (Å²) < 4.78 is 5.02. The first-order valence-electron chi connectivity index (χ1n) is 9.58. The van der Waals surface area contributed by atoms with Crippen LogP contribution in [0.2, 0.25) is 0 Å². The lowest BCUT2D eigenvalue weighted by Crippen LogP contribution is -2.47. The molecule has 0 aliphatic rings. The number of amides is 3. The Balaban J connectivity index is 1.78. The summed E-state index contributed by atoms with van der Waals surface area (Å²) in [5.74, 6) is -1.39. The maximum atomic E-state index is 12.2. The molecule has 0 fully saturated rings. The molecule has 0 saturated carbocycles. The molecule has 0 radical (unpaired) electrons. The van der Waals surface area contributed by atoms with Crippen molar-refractivity contribution in [2.45, 2.75) is 31.6 Å². The molecule has 2 rings (SSSR count). The molecule has 0 unspecified atom stereocenters. The van der Waals surface area contributed by atoms with Crippen molar-refractivity contribution in [3.05, 3.63) is 71.3 Å². The summed E-state index contributed by atoms with van der Waals surface area (Å²) in [4.78, 5) is 35.6. The standard InChI is InChI=1S/C22H24N4O5/c23-12-17-9-5-4-8-16(17)10-19(21(24)29)26-20(28)11-18(27)13-25-22(30)31-14-15-6-2-1-3-7-15/h1-9,18-19,27H,10-11,13-14H2,(H2,24,29)(H,25,30)(H,26,28)/t18-,19+/m0/s1. The molecule has 0 saturated heterocycles. The predicted molar refractivity (Wildman–Crippen MR) is 111 cm³/mol. The highest BCUT2D eigenvalue weighted by atomic mass is 16.5. The van der Waals surface area contributed by atoms with Gasteiger partial charge in [-0.2, -0.15) is 5.26 Å². The van der Waals surface area contributed by atoms with Gasteiger partial charge < -0.3 is 26.2 Å². The Morgan fingerprint density at radius 1 is 1.10 bits per heavy atom. The fourth-order valence-corrected chi connectivity index (χ4v) is 2.76. The number of carbonyl (C=O) groups excluding carboxylic acids is 3. The van der Waals surface area contributed by atoms with Gasteiger partial charge in [0.25, 0.3) is 0 Å². The van der Waals surface area contributed by atoms with Crippen LogP contribution >= 0.6 is 0 Å². The van der Waals surface area contributed by atoms with E-state index in [-0.39, 0.29) is 26.0 Å². The summed E-state index contributed by atoms with van der Waals surface area (Å²) in [5.41, 5.74) is 7.12. The van der Waals surface area contributed by atoms with Gasteiger partial charge in [0.15, 0.2) is 0 Å². The summed E-state index contributed by atoms with van der Waals surface area (Å²) in [6, 6.07) is 16.7. The van der Waals surface area contributed by atoms with E-state index in [9.17, 15) is 19.5 Å². The molecular weight excluding hydrogens is 400 g/mol. The molecule has 9 nitrogen and oxygen atoms in total. The zero-order chi connectivity index (χ0) is 22.6. The molecule has 5 N–H and O–H groups in total. The van der Waals surface area contributed by atoms with E-state index >= 15 is 0 Å². The number of alkyl carbamates (subject to hydrolysis) is 1. The Morgan fingerprint density at radius 3 is 2.45 bits per heavy atom. The van der Waals surface area contributed by atoms with Crippen LogP contribution in [0.3, 0.4) is 0 Å². The van der Waals surface area contributed by atoms with Gasteiger partial charge in [-0.05, 0) is 17.2 Å². The minimum absolute atomic E-state index is 0.0466. The van der Waals surface area contributed by atoms with Crippen molar-refractivity contribution >= 4 is 17.9 Å². The van der Waals surface area contributed by atoms with Gasteiger partial charge in [0.1, 0.15) is 12.6 Å². The van der Waals surface area contributed by atoms with Crippen molar-refractivity contribution in [1.29, 1.82) is 5.26 Å². The zero-order valence-electron chi connectivity index (χ0n) is 16.8. The maximum absolute atomic E-state index is 12.2. The van der Waals surface area contributed by atoms with Gasteiger partial charge in [-0.15, -0.1) is 0 Å². The molecule has 0 heterocycles. The number of ether oxygens (including phenoxy) is 1. The smallest absolute Gasteiger partial charge is 0.407 e. The first kappa shape index (κ1) is 23.4. The van der Waals surface area contributed by atoms with Crippen LogP contribution in [0.15, 0.2) is 54.6 Å². The van der Waals surface area contributed by atoms with Crippen molar-refractivity contribution in [2.75, 3.05) is 6.54 Å². The molecule has 0 aromatic heterocycles. The summed E-state index contributed by atoms with van der Waals surface area (Å²) in [7, 11) is 0. The molecular formula is C22H24N4O5. The zero-order valence-corrected chi connectivity index (χ0v) is 16.8. The van der Waals surface area contributed by atoms with Crippen molar-refractivity contribution in [3.8, 4) is 6.07 Å². The third kappa shape index (κ3) is 8.16. The number of aliphatic hydroxyl groups excluding tert-OH is 1. The number of nitriles is 1. The van der Waals surface area contributed by atoms with Crippen molar-refractivity contribution in [1.82, 2.24) is 10.6 Å². The van der Waals surface area contributed by atoms with Crippen molar-refractivity contribution in [2.24, 2.45) is 5.73 Å². The molecule has 31 heavy (non-hydrogen) atoms. The van der Waals surface area contributed by atoms with Crippen LogP contribution in [0.25, 0.3) is 0 Å². The van der Waals surface area contributed by atoms with Crippen LogP contribution in [-0.2, 0) is 27.4 Å². The van der Waals surface area contributed by atoms with E-state index in [0.717, 1.165) is 5.56 Å². The average molecular weight is 424 g/mol. The number of nitrogens with zero attached hydrogens (tertiary/aromatic N) is 1. The van der Waals surface area contributed by atoms with E-state index in [0.29, 0.717) is 11.1 Å². The number of carbonyl (C=O) groups is 3. The molecule has 0 spiro atoms. The number of nitrogens with two attached hydrogens (primary N) is 1. The van der Waals surface area contributed by atoms with E-state index in [1.807, 2.05) is 24.3 Å². The van der Waals surface area contributed by atoms with Gasteiger partial charge in [-0.25, -0.2) is 4.79 Å². The maximum Gasteiger partial charge on any atom is 0.407 e. The number of rotatable bonds is 10. The molecule has 2 atom stereocenters. The molecule has 0 aliphatic heterocycles. The van der Waals surface area contributed by atoms with Crippen LogP contribution in [0, 0.1) is 11.3 Å². The normalized spacial score (nSPS) is 12.1. The predicted octanol–water partition coefficient (Wildman–Crippen LogP) is 0.748. The van der Waals surface area contributed by atoms with E-state index in [1.54, 1.807) is 36.4 Å². The minimum atomic E-state index is -1.19. The highest BCUT2D eigenvalue weighted by Crippen LogP contribution is 2.10. The van der Waals surface area contributed by atoms with E-state index in [4.69, 9.17) is 15.7 Å². The van der Waals surface area contributed by atoms with Gasteiger partial charge in [-0.3, -0.25) is 9.59 Å². The summed E-state index contributed by atoms with van der Waals surface area (Å²) in [6.07, 6.45) is -2.23. The Hall–Kier alpha value is -3.90. The van der Waals surface area contributed by atoms with E-state index < -0.39 is 30.1 Å². The number of primary amides is 1. The number of hydrogen-bond donors (Lipinski definition) is 4. The first-order valence-corrected chi connectivity index (χ1v) is 9.58. The molecule has 9 heteroatoms. The van der Waals surface area contributed by atoms with Crippen LogP contribution < -0.4 is 16.4 Å². The van der Waals surface area contributed by atoms with Crippen molar-refractivity contribution in [3.63, 3.8) is 0 Å². The molecule has 162 valence electrons. The van der Waals surface area contributed by atoms with E-state index in [1.165, 1.54) is 0 Å². The number of aliphatic hydroxyl groups is 1. The van der Waals surface area contributed by atoms with Gasteiger partial charge >= 0.3 is 6.09 Å². The lowest BCUT2D eigenvalue weighted by molar-refractivity contribution is -0.128. The number of benzene rings is 2. The fraction of sp³-hybridized carbons (Fsp3) is 0.273. The summed E-state index contributed by atoms with van der Waals surface area (Å²) in [5, 5.41) is 24.0. The second-order valence-corrected chi connectivity index (χ2v) is 6.80. The number of nitrogens with one attached hydrogen (secondary N) is 2. The highest BCUT2D eigenvalue weighted by molar-refractivity contribution is 5.87. The topological polar surface area (TPSA) is 155 Å². The third-order valence-electron chi connectivity index (χ3n) is 4.36.